The number of nitrogens with one attached hydrogen (secondary N) is 1. The highest BCUT2D eigenvalue weighted by Gasteiger charge is 2.32. The van der Waals surface area contributed by atoms with E-state index >= 15 is 0 Å². The third-order valence-electron chi connectivity index (χ3n) is 5.62. The van der Waals surface area contributed by atoms with E-state index in [1.165, 1.54) is 0 Å². The Labute approximate surface area is 174 Å². The van der Waals surface area contributed by atoms with Gasteiger partial charge in [-0.2, -0.15) is 0 Å². The van der Waals surface area contributed by atoms with Gasteiger partial charge in [-0.15, -0.1) is 11.3 Å². The number of amides is 2. The average Bonchev–Trinajstić information content (AvgIpc) is 3.35. The Morgan fingerprint density at radius 1 is 1.28 bits per heavy atom. The monoisotopic (exact) mass is 414 g/mol. The van der Waals surface area contributed by atoms with E-state index in [0.29, 0.717) is 31.8 Å². The largest absolute Gasteiger partial charge is 0.373 e. The van der Waals surface area contributed by atoms with Gasteiger partial charge in [-0.25, -0.2) is 15.0 Å². The van der Waals surface area contributed by atoms with Gasteiger partial charge in [0.15, 0.2) is 5.82 Å². The highest BCUT2D eigenvalue weighted by Crippen LogP contribution is 2.33. The lowest BCUT2D eigenvalue weighted by Gasteiger charge is -2.30. The van der Waals surface area contributed by atoms with E-state index in [-0.39, 0.29) is 17.9 Å². The number of carbonyl (C=O) groups is 2. The minimum absolute atomic E-state index is 0.0579. The van der Waals surface area contributed by atoms with Crippen molar-refractivity contribution < 1.29 is 9.59 Å². The lowest BCUT2D eigenvalue weighted by atomic mass is 10.0. The molecule has 9 heteroatoms. The van der Waals surface area contributed by atoms with E-state index in [2.05, 4.69) is 10.3 Å². The van der Waals surface area contributed by atoms with Crippen molar-refractivity contribution in [2.75, 3.05) is 25.5 Å². The maximum absolute atomic E-state index is 12.8. The number of hydrogen-bond donors (Lipinski definition) is 1. The number of nitrogens with zero attached hydrogens (tertiary/aromatic N) is 5. The number of carbonyl (C=O) groups excluding carboxylic acids is 2. The Kier molecular flexibility index (Phi) is 5.49. The quantitative estimate of drug-likeness (QED) is 0.824. The topological polar surface area (TPSA) is 91.3 Å². The Bertz CT molecular complexity index is 926. The Balaban J connectivity index is 1.55. The summed E-state index contributed by atoms with van der Waals surface area (Å²) in [5.41, 5.74) is 2.77. The van der Waals surface area contributed by atoms with Crippen LogP contribution in [0, 0.1) is 6.92 Å². The van der Waals surface area contributed by atoms with Crippen LogP contribution in [0.25, 0.3) is 0 Å². The lowest BCUT2D eigenvalue weighted by molar-refractivity contribution is -0.131. The predicted octanol–water partition coefficient (Wildman–Crippen LogP) is 2.09. The molecular formula is C20H26N6O2S. The van der Waals surface area contributed by atoms with Crippen LogP contribution in [0.3, 0.4) is 0 Å². The summed E-state index contributed by atoms with van der Waals surface area (Å²) in [6.07, 6.45) is 2.87. The van der Waals surface area contributed by atoms with Crippen LogP contribution in [-0.2, 0) is 29.0 Å². The molecule has 2 aliphatic rings. The number of likely N-dealkylation sites (tertiary alicyclic amines) is 1. The molecule has 1 N–H and O–H groups in total. The first-order chi connectivity index (χ1) is 14.0. The summed E-state index contributed by atoms with van der Waals surface area (Å²) < 4.78 is 0. The molecular weight excluding hydrogens is 388 g/mol. The van der Waals surface area contributed by atoms with Gasteiger partial charge in [0, 0.05) is 44.4 Å². The van der Waals surface area contributed by atoms with E-state index in [4.69, 9.17) is 9.97 Å². The van der Waals surface area contributed by atoms with Gasteiger partial charge in [0.05, 0.1) is 35.4 Å². The molecule has 2 amide bonds. The fourth-order valence-electron chi connectivity index (χ4n) is 4.17. The summed E-state index contributed by atoms with van der Waals surface area (Å²) in [6.45, 7) is 5.43. The first-order valence-corrected chi connectivity index (χ1v) is 10.9. The first kappa shape index (κ1) is 19.8. The van der Waals surface area contributed by atoms with Gasteiger partial charge in [0.25, 0.3) is 0 Å². The van der Waals surface area contributed by atoms with Crippen molar-refractivity contribution in [1.29, 1.82) is 0 Å². The van der Waals surface area contributed by atoms with Crippen molar-refractivity contribution in [1.82, 2.24) is 24.8 Å². The number of fused-ring (bicyclic) bond motifs is 1. The minimum atomic E-state index is -0.0579. The number of thiazole rings is 1. The summed E-state index contributed by atoms with van der Waals surface area (Å²) in [6, 6.07) is -0.0579. The van der Waals surface area contributed by atoms with Crippen LogP contribution in [0.15, 0.2) is 5.38 Å². The second kappa shape index (κ2) is 8.06. The van der Waals surface area contributed by atoms with E-state index in [1.54, 1.807) is 18.3 Å². The van der Waals surface area contributed by atoms with Gasteiger partial charge in [-0.3, -0.25) is 9.59 Å². The van der Waals surface area contributed by atoms with Gasteiger partial charge in [-0.05, 0) is 19.8 Å². The van der Waals surface area contributed by atoms with Crippen LogP contribution in [0.1, 0.15) is 53.6 Å². The summed E-state index contributed by atoms with van der Waals surface area (Å²) in [5.74, 6) is 1.60. The molecule has 2 aliphatic heterocycles. The maximum atomic E-state index is 12.8. The number of rotatable bonds is 4. The van der Waals surface area contributed by atoms with Gasteiger partial charge in [0.2, 0.25) is 11.8 Å². The SMILES string of the molecule is CNc1nc([C@H]2CCCN2C(C)=O)nc2c1CN(C(=O)Cc1csc(C)n1)CC2. The van der Waals surface area contributed by atoms with Crippen molar-refractivity contribution >= 4 is 29.0 Å². The Morgan fingerprint density at radius 3 is 2.79 bits per heavy atom. The molecule has 1 saturated heterocycles. The highest BCUT2D eigenvalue weighted by molar-refractivity contribution is 7.09. The number of hydrogen-bond acceptors (Lipinski definition) is 7. The zero-order chi connectivity index (χ0) is 20.5. The Hall–Kier alpha value is -2.55. The second-order valence-electron chi connectivity index (χ2n) is 7.58. The van der Waals surface area contributed by atoms with Crippen LogP contribution in [0.5, 0.6) is 0 Å². The minimum Gasteiger partial charge on any atom is -0.373 e. The van der Waals surface area contributed by atoms with Crippen LogP contribution < -0.4 is 5.32 Å². The zero-order valence-electron chi connectivity index (χ0n) is 17.1. The summed E-state index contributed by atoms with van der Waals surface area (Å²) >= 11 is 1.56. The molecule has 4 rings (SSSR count). The molecule has 0 aromatic carbocycles. The van der Waals surface area contributed by atoms with Gasteiger partial charge < -0.3 is 15.1 Å². The van der Waals surface area contributed by atoms with Gasteiger partial charge in [-0.1, -0.05) is 0 Å². The zero-order valence-corrected chi connectivity index (χ0v) is 17.9. The second-order valence-corrected chi connectivity index (χ2v) is 8.64. The number of anilines is 1. The van der Waals surface area contributed by atoms with Gasteiger partial charge in [0.1, 0.15) is 5.82 Å². The van der Waals surface area contributed by atoms with Crippen LogP contribution in [-0.4, -0.2) is 56.7 Å². The Morgan fingerprint density at radius 2 is 2.10 bits per heavy atom. The number of aryl methyl sites for hydroxylation is 1. The van der Waals surface area contributed by atoms with Crippen molar-refractivity contribution in [2.24, 2.45) is 0 Å². The highest BCUT2D eigenvalue weighted by atomic mass is 32.1. The fraction of sp³-hybridized carbons (Fsp3) is 0.550. The molecule has 2 aromatic heterocycles. The first-order valence-electron chi connectivity index (χ1n) is 9.99. The molecule has 0 saturated carbocycles. The lowest BCUT2D eigenvalue weighted by Crippen LogP contribution is -2.38. The van der Waals surface area contributed by atoms with E-state index in [1.807, 2.05) is 29.2 Å². The van der Waals surface area contributed by atoms with Crippen LogP contribution in [0.4, 0.5) is 5.82 Å². The van der Waals surface area contributed by atoms with Crippen molar-refractivity contribution in [3.63, 3.8) is 0 Å². The average molecular weight is 415 g/mol. The van der Waals surface area contributed by atoms with Crippen molar-refractivity contribution in [2.45, 2.75) is 52.1 Å². The normalized spacial score (nSPS) is 18.7. The van der Waals surface area contributed by atoms with Crippen molar-refractivity contribution in [3.05, 3.63) is 33.2 Å². The molecule has 1 fully saturated rings. The molecule has 0 radical (unpaired) electrons. The summed E-state index contributed by atoms with van der Waals surface area (Å²) in [5, 5.41) is 6.09. The van der Waals surface area contributed by atoms with Crippen molar-refractivity contribution in [3.8, 4) is 0 Å². The van der Waals surface area contributed by atoms with Crippen LogP contribution >= 0.6 is 11.3 Å². The molecule has 2 aromatic rings. The molecule has 0 bridgehead atoms. The fourth-order valence-corrected chi connectivity index (χ4v) is 4.78. The third-order valence-corrected chi connectivity index (χ3v) is 6.44. The van der Waals surface area contributed by atoms with Crippen LogP contribution in [0.2, 0.25) is 0 Å². The standard InChI is InChI=1S/C20H26N6O2S/c1-12-22-14(11-29-12)9-18(28)25-8-6-16-15(10-25)19(21-3)24-20(23-16)17-5-4-7-26(17)13(2)27/h11,17H,4-10H2,1-3H3,(H,21,23,24)/t17-/m1/s1. The molecule has 1 atom stereocenters. The predicted molar refractivity (Wildman–Crippen MR) is 111 cm³/mol. The molecule has 29 heavy (non-hydrogen) atoms. The summed E-state index contributed by atoms with van der Waals surface area (Å²) in [7, 11) is 1.84. The molecule has 0 unspecified atom stereocenters. The molecule has 0 aliphatic carbocycles. The van der Waals surface area contributed by atoms with E-state index in [0.717, 1.165) is 47.2 Å². The molecule has 0 spiro atoms. The third kappa shape index (κ3) is 3.96. The molecule has 8 nitrogen and oxygen atoms in total. The van der Waals surface area contributed by atoms with Gasteiger partial charge >= 0.3 is 0 Å². The summed E-state index contributed by atoms with van der Waals surface area (Å²) in [4.78, 5) is 42.4. The molecule has 4 heterocycles. The number of aromatic nitrogens is 3. The smallest absolute Gasteiger partial charge is 0.228 e. The maximum Gasteiger partial charge on any atom is 0.228 e. The van der Waals surface area contributed by atoms with E-state index < -0.39 is 0 Å². The molecule has 154 valence electrons. The van der Waals surface area contributed by atoms with E-state index in [9.17, 15) is 9.59 Å².